The average Bonchev–Trinajstić information content (AvgIpc) is 2.55. The Hall–Kier alpha value is -1.03. The van der Waals surface area contributed by atoms with Crippen LogP contribution in [0.3, 0.4) is 0 Å². The van der Waals surface area contributed by atoms with Gasteiger partial charge in [-0.1, -0.05) is 0 Å². The van der Waals surface area contributed by atoms with Crippen LogP contribution in [0, 0.1) is 0 Å². The molecule has 1 rings (SSSR count). The molecule has 0 spiro atoms. The molecule has 1 heterocycles. The highest BCUT2D eigenvalue weighted by Crippen LogP contribution is 2.15. The summed E-state index contributed by atoms with van der Waals surface area (Å²) in [5.41, 5.74) is 1.11. The lowest BCUT2D eigenvalue weighted by Crippen LogP contribution is -2.26. The summed E-state index contributed by atoms with van der Waals surface area (Å²) in [6.45, 7) is 4.12. The fourth-order valence-electron chi connectivity index (χ4n) is 0.954. The smallest absolute Gasteiger partial charge is 0.407 e. The molecule has 0 aromatic carbocycles. The van der Waals surface area contributed by atoms with Crippen LogP contribution in [0.5, 0.6) is 0 Å². The Bertz CT molecular complexity index is 259. The van der Waals surface area contributed by atoms with Crippen molar-refractivity contribution in [3.8, 4) is 0 Å². The molecule has 0 bridgehead atoms. The number of hydrogen-bond acceptors (Lipinski definition) is 3. The number of hydrogen-bond donors (Lipinski definition) is 1. The normalized spacial score (nSPS) is 12.2. The van der Waals surface area contributed by atoms with Crippen molar-refractivity contribution >= 4 is 17.4 Å². The molecule has 1 N–H and O–H groups in total. The minimum atomic E-state index is -0.360. The lowest BCUT2D eigenvalue weighted by Gasteiger charge is -2.11. The van der Waals surface area contributed by atoms with Gasteiger partial charge in [-0.3, -0.25) is 0 Å². The van der Waals surface area contributed by atoms with Crippen LogP contribution in [0.1, 0.15) is 25.5 Å². The molecule has 1 amide bonds. The molecule has 4 heteroatoms. The summed E-state index contributed by atoms with van der Waals surface area (Å²) in [4.78, 5) is 11.0. The molecule has 0 radical (unpaired) electrons. The molecule has 3 nitrogen and oxygen atoms in total. The molecular weight excluding hydrogens is 186 g/mol. The largest absolute Gasteiger partial charge is 0.450 e. The van der Waals surface area contributed by atoms with E-state index in [4.69, 9.17) is 4.74 Å². The number of rotatable bonds is 3. The third-order valence-corrected chi connectivity index (χ3v) is 2.35. The maximum Gasteiger partial charge on any atom is 0.407 e. The molecule has 1 aromatic rings. The van der Waals surface area contributed by atoms with Gasteiger partial charge in [-0.05, 0) is 36.2 Å². The topological polar surface area (TPSA) is 38.3 Å². The first-order chi connectivity index (χ1) is 6.24. The summed E-state index contributed by atoms with van der Waals surface area (Å²) in [5, 5.41) is 6.72. The Kier molecular flexibility index (Phi) is 3.76. The van der Waals surface area contributed by atoms with Crippen molar-refractivity contribution in [3.63, 3.8) is 0 Å². The minimum Gasteiger partial charge on any atom is -0.450 e. The van der Waals surface area contributed by atoms with Crippen molar-refractivity contribution in [1.29, 1.82) is 0 Å². The predicted molar refractivity (Wildman–Crippen MR) is 52.9 cm³/mol. The van der Waals surface area contributed by atoms with Crippen molar-refractivity contribution in [1.82, 2.24) is 5.32 Å². The fraction of sp³-hybridized carbons (Fsp3) is 0.444. The maximum absolute atomic E-state index is 11.0. The van der Waals surface area contributed by atoms with Gasteiger partial charge in [0, 0.05) is 0 Å². The van der Waals surface area contributed by atoms with Crippen LogP contribution in [0.15, 0.2) is 16.8 Å². The summed E-state index contributed by atoms with van der Waals surface area (Å²) < 4.78 is 4.76. The standard InChI is InChI=1S/C9H13NO2S/c1-3-12-9(11)10-7(2)8-4-5-13-6-8/h4-7H,3H2,1-2H3,(H,10,11). The van der Waals surface area contributed by atoms with E-state index in [9.17, 15) is 4.79 Å². The monoisotopic (exact) mass is 199 g/mol. The molecule has 0 saturated heterocycles. The maximum atomic E-state index is 11.0. The number of thiophene rings is 1. The van der Waals surface area contributed by atoms with Crippen LogP contribution in [0.2, 0.25) is 0 Å². The first kappa shape index (κ1) is 10.1. The van der Waals surface area contributed by atoms with E-state index in [-0.39, 0.29) is 12.1 Å². The Morgan fingerprint density at radius 1 is 1.77 bits per heavy atom. The van der Waals surface area contributed by atoms with E-state index in [0.717, 1.165) is 5.56 Å². The van der Waals surface area contributed by atoms with Gasteiger partial charge in [0.05, 0.1) is 12.6 Å². The number of nitrogens with one attached hydrogen (secondary N) is 1. The zero-order valence-corrected chi connectivity index (χ0v) is 8.56. The van der Waals surface area contributed by atoms with Crippen LogP contribution in [-0.4, -0.2) is 12.7 Å². The number of carbonyl (C=O) groups is 1. The van der Waals surface area contributed by atoms with Crippen molar-refractivity contribution in [2.75, 3.05) is 6.61 Å². The Labute approximate surface area is 81.7 Å². The zero-order chi connectivity index (χ0) is 9.68. The van der Waals surface area contributed by atoms with E-state index < -0.39 is 0 Å². The van der Waals surface area contributed by atoms with Gasteiger partial charge in [0.1, 0.15) is 0 Å². The van der Waals surface area contributed by atoms with Crippen molar-refractivity contribution in [2.45, 2.75) is 19.9 Å². The molecule has 13 heavy (non-hydrogen) atoms. The number of amides is 1. The van der Waals surface area contributed by atoms with Gasteiger partial charge < -0.3 is 10.1 Å². The fourth-order valence-corrected chi connectivity index (χ4v) is 1.71. The minimum absolute atomic E-state index is 0.0188. The molecule has 0 fully saturated rings. The van der Waals surface area contributed by atoms with Crippen molar-refractivity contribution < 1.29 is 9.53 Å². The van der Waals surface area contributed by atoms with E-state index in [0.29, 0.717) is 6.61 Å². The highest BCUT2D eigenvalue weighted by atomic mass is 32.1. The van der Waals surface area contributed by atoms with E-state index in [1.54, 1.807) is 18.3 Å². The second-order valence-corrected chi connectivity index (χ2v) is 3.42. The van der Waals surface area contributed by atoms with Gasteiger partial charge >= 0.3 is 6.09 Å². The Morgan fingerprint density at radius 2 is 2.54 bits per heavy atom. The molecule has 1 unspecified atom stereocenters. The number of carbonyl (C=O) groups excluding carboxylic acids is 1. The van der Waals surface area contributed by atoms with Gasteiger partial charge in [0.2, 0.25) is 0 Å². The highest BCUT2D eigenvalue weighted by molar-refractivity contribution is 7.07. The summed E-state index contributed by atoms with van der Waals surface area (Å²) in [5.74, 6) is 0. The van der Waals surface area contributed by atoms with E-state index in [1.807, 2.05) is 23.8 Å². The van der Waals surface area contributed by atoms with Gasteiger partial charge in [0.15, 0.2) is 0 Å². The lowest BCUT2D eigenvalue weighted by molar-refractivity contribution is 0.149. The average molecular weight is 199 g/mol. The second kappa shape index (κ2) is 4.87. The molecule has 0 saturated carbocycles. The van der Waals surface area contributed by atoms with Gasteiger partial charge in [-0.25, -0.2) is 4.79 Å². The first-order valence-corrected chi connectivity index (χ1v) is 5.13. The van der Waals surface area contributed by atoms with E-state index in [2.05, 4.69) is 5.32 Å². The quantitative estimate of drug-likeness (QED) is 0.812. The van der Waals surface area contributed by atoms with Gasteiger partial charge in [0.25, 0.3) is 0 Å². The molecule has 72 valence electrons. The highest BCUT2D eigenvalue weighted by Gasteiger charge is 2.09. The van der Waals surface area contributed by atoms with E-state index in [1.165, 1.54) is 0 Å². The van der Waals surface area contributed by atoms with Crippen LogP contribution in [-0.2, 0) is 4.74 Å². The Balaban J connectivity index is 2.42. The summed E-state index contributed by atoms with van der Waals surface area (Å²) >= 11 is 1.62. The molecule has 0 aliphatic heterocycles. The van der Waals surface area contributed by atoms with Crippen molar-refractivity contribution in [2.24, 2.45) is 0 Å². The van der Waals surface area contributed by atoms with Gasteiger partial charge in [-0.15, -0.1) is 0 Å². The lowest BCUT2D eigenvalue weighted by atomic mass is 10.2. The second-order valence-electron chi connectivity index (χ2n) is 2.64. The summed E-state index contributed by atoms with van der Waals surface area (Å²) in [6.07, 6.45) is -0.360. The van der Waals surface area contributed by atoms with Crippen LogP contribution in [0.4, 0.5) is 4.79 Å². The summed E-state index contributed by atoms with van der Waals surface area (Å²) in [6, 6.07) is 2.01. The van der Waals surface area contributed by atoms with Crippen LogP contribution >= 0.6 is 11.3 Å². The van der Waals surface area contributed by atoms with Crippen LogP contribution in [0.25, 0.3) is 0 Å². The van der Waals surface area contributed by atoms with Crippen LogP contribution < -0.4 is 5.32 Å². The Morgan fingerprint density at radius 3 is 3.08 bits per heavy atom. The first-order valence-electron chi connectivity index (χ1n) is 4.19. The number of alkyl carbamates (subject to hydrolysis) is 1. The predicted octanol–water partition coefficient (Wildman–Crippen LogP) is 2.56. The van der Waals surface area contributed by atoms with Crippen molar-refractivity contribution in [3.05, 3.63) is 22.4 Å². The molecule has 1 atom stereocenters. The number of ether oxygens (including phenoxy) is 1. The molecule has 0 aliphatic rings. The summed E-state index contributed by atoms with van der Waals surface area (Å²) in [7, 11) is 0. The molecule has 1 aromatic heterocycles. The third-order valence-electron chi connectivity index (χ3n) is 1.65. The van der Waals surface area contributed by atoms with E-state index >= 15 is 0 Å². The van der Waals surface area contributed by atoms with Gasteiger partial charge in [-0.2, -0.15) is 11.3 Å². The molecule has 0 aliphatic carbocycles. The SMILES string of the molecule is CCOC(=O)NC(C)c1ccsc1. The molecular formula is C9H13NO2S. The third kappa shape index (κ3) is 3.06. The zero-order valence-electron chi connectivity index (χ0n) is 7.74.